The van der Waals surface area contributed by atoms with E-state index in [1.54, 1.807) is 0 Å². The van der Waals surface area contributed by atoms with Gasteiger partial charge < -0.3 is 9.46 Å². The summed E-state index contributed by atoms with van der Waals surface area (Å²) in [4.78, 5) is 9.65. The van der Waals surface area contributed by atoms with Crippen molar-refractivity contribution in [1.82, 2.24) is 0 Å². The minimum Gasteiger partial charge on any atom is -0.798 e. The molecular formula is C2H5FO2P-. The van der Waals surface area contributed by atoms with Crippen LogP contribution < -0.4 is 4.89 Å². The van der Waals surface area contributed by atoms with Crippen LogP contribution in [0.1, 0.15) is 0 Å². The Kier molecular flexibility index (Phi) is 1.75. The lowest BCUT2D eigenvalue weighted by Crippen LogP contribution is -1.98. The van der Waals surface area contributed by atoms with Crippen molar-refractivity contribution in [3.05, 3.63) is 0 Å². The fourth-order valence-corrected chi connectivity index (χ4v) is 0. The molecule has 0 aromatic rings. The van der Waals surface area contributed by atoms with E-state index in [1.165, 1.54) is 0 Å². The average Bonchev–Trinajstić information content (AvgIpc) is 1.35. The molecule has 6 heavy (non-hydrogen) atoms. The lowest BCUT2D eigenvalue weighted by molar-refractivity contribution is -0.175. The number of alkyl halides is 1. The second-order valence-electron chi connectivity index (χ2n) is 1.13. The quantitative estimate of drug-likeness (QED) is 0.453. The molecule has 0 heterocycles. The summed E-state index contributed by atoms with van der Waals surface area (Å²) in [6.07, 6.45) is -1.23. The fraction of sp³-hybridized carbons (Fsp3) is 1.00. The standard InChI is InChI=1S/C2H6FO2P/c1-6(4,5)2-3/h2H2,1H3,(H,4,5)/p-1. The van der Waals surface area contributed by atoms with Crippen LogP contribution in [0, 0.1) is 0 Å². The number of hydrogen-bond donors (Lipinski definition) is 0. The molecule has 0 aromatic carbocycles. The first-order chi connectivity index (χ1) is 2.56. The van der Waals surface area contributed by atoms with Gasteiger partial charge in [0.1, 0.15) is 6.42 Å². The van der Waals surface area contributed by atoms with Crippen molar-refractivity contribution < 1.29 is 13.8 Å². The van der Waals surface area contributed by atoms with Gasteiger partial charge in [0.05, 0.1) is 0 Å². The summed E-state index contributed by atoms with van der Waals surface area (Å²) in [6, 6.07) is 0. The zero-order chi connectivity index (χ0) is 5.21. The number of hydrogen-bond acceptors (Lipinski definition) is 2. The monoisotopic (exact) mass is 111 g/mol. The van der Waals surface area contributed by atoms with Gasteiger partial charge in [0, 0.05) is 7.37 Å². The van der Waals surface area contributed by atoms with E-state index in [-0.39, 0.29) is 0 Å². The SMILES string of the molecule is CP(=O)([O-])CF. The average molecular weight is 111 g/mol. The zero-order valence-corrected chi connectivity index (χ0v) is 4.24. The highest BCUT2D eigenvalue weighted by Gasteiger charge is 1.91. The van der Waals surface area contributed by atoms with Crippen LogP contribution in [0.3, 0.4) is 0 Å². The summed E-state index contributed by atoms with van der Waals surface area (Å²) in [7, 11) is -3.56. The maximum atomic E-state index is 10.9. The van der Waals surface area contributed by atoms with Crippen LogP contribution in [0.2, 0.25) is 0 Å². The van der Waals surface area contributed by atoms with Crippen molar-refractivity contribution in [1.29, 1.82) is 0 Å². The molecule has 0 radical (unpaired) electrons. The topological polar surface area (TPSA) is 40.1 Å². The molecule has 0 aliphatic rings. The maximum absolute atomic E-state index is 10.9. The van der Waals surface area contributed by atoms with Crippen LogP contribution in [-0.4, -0.2) is 13.1 Å². The maximum Gasteiger partial charge on any atom is 0.129 e. The summed E-state index contributed by atoms with van der Waals surface area (Å²) in [5.41, 5.74) is 0. The predicted octanol–water partition coefficient (Wildman–Crippen LogP) is 0.182. The van der Waals surface area contributed by atoms with E-state index in [0.717, 1.165) is 6.66 Å². The van der Waals surface area contributed by atoms with Gasteiger partial charge in [-0.05, 0) is 6.66 Å². The van der Waals surface area contributed by atoms with Gasteiger partial charge in [-0.25, -0.2) is 4.39 Å². The molecule has 2 nitrogen and oxygen atoms in total. The Balaban J connectivity index is 3.48. The molecule has 4 heteroatoms. The first kappa shape index (κ1) is 6.12. The summed E-state index contributed by atoms with van der Waals surface area (Å²) in [5.74, 6) is 0. The van der Waals surface area contributed by atoms with Gasteiger partial charge >= 0.3 is 0 Å². The molecule has 1 unspecified atom stereocenters. The molecule has 0 aliphatic heterocycles. The third-order valence-corrected chi connectivity index (χ3v) is 0.651. The van der Waals surface area contributed by atoms with Gasteiger partial charge in [-0.1, -0.05) is 0 Å². The summed E-state index contributed by atoms with van der Waals surface area (Å²) in [6.45, 7) is 0.868. The normalized spacial score (nSPS) is 19.8. The second kappa shape index (κ2) is 1.71. The molecule has 0 fully saturated rings. The smallest absolute Gasteiger partial charge is 0.129 e. The molecule has 0 N–H and O–H groups in total. The Hall–Kier alpha value is 0.120. The van der Waals surface area contributed by atoms with Crippen molar-refractivity contribution in [2.24, 2.45) is 0 Å². The van der Waals surface area contributed by atoms with Gasteiger partial charge in [0.25, 0.3) is 0 Å². The predicted molar refractivity (Wildman–Crippen MR) is 19.5 cm³/mol. The molecular weight excluding hydrogens is 106 g/mol. The van der Waals surface area contributed by atoms with Crippen molar-refractivity contribution in [2.75, 3.05) is 13.1 Å². The molecule has 1 atom stereocenters. The van der Waals surface area contributed by atoms with Crippen molar-refractivity contribution in [3.8, 4) is 0 Å². The van der Waals surface area contributed by atoms with Gasteiger partial charge in [-0.15, -0.1) is 0 Å². The summed E-state index contributed by atoms with van der Waals surface area (Å²) in [5, 5.41) is 0. The first-order valence-electron chi connectivity index (χ1n) is 1.40. The third kappa shape index (κ3) is 4.12. The van der Waals surface area contributed by atoms with Gasteiger partial charge in [-0.3, -0.25) is 0 Å². The Morgan fingerprint density at radius 2 is 2.17 bits per heavy atom. The lowest BCUT2D eigenvalue weighted by Gasteiger charge is -2.09. The number of halogens is 1. The highest BCUT2D eigenvalue weighted by atomic mass is 31.2. The van der Waals surface area contributed by atoms with Crippen LogP contribution >= 0.6 is 7.37 Å². The van der Waals surface area contributed by atoms with Crippen molar-refractivity contribution in [2.45, 2.75) is 0 Å². The fourth-order valence-electron chi connectivity index (χ4n) is 0. The van der Waals surface area contributed by atoms with E-state index in [9.17, 15) is 13.8 Å². The van der Waals surface area contributed by atoms with E-state index < -0.39 is 13.8 Å². The van der Waals surface area contributed by atoms with Crippen molar-refractivity contribution >= 4 is 7.37 Å². The van der Waals surface area contributed by atoms with E-state index in [2.05, 4.69) is 0 Å². The van der Waals surface area contributed by atoms with E-state index in [4.69, 9.17) is 0 Å². The van der Waals surface area contributed by atoms with Crippen LogP contribution in [0.5, 0.6) is 0 Å². The third-order valence-electron chi connectivity index (χ3n) is 0.217. The van der Waals surface area contributed by atoms with Gasteiger partial charge in [0.2, 0.25) is 0 Å². The molecule has 0 saturated carbocycles. The van der Waals surface area contributed by atoms with Crippen LogP contribution in [-0.2, 0) is 4.57 Å². The highest BCUT2D eigenvalue weighted by Crippen LogP contribution is 2.28. The Labute approximate surface area is 35.4 Å². The van der Waals surface area contributed by atoms with Crippen LogP contribution in [0.15, 0.2) is 0 Å². The molecule has 0 aromatic heterocycles. The minimum atomic E-state index is -3.56. The van der Waals surface area contributed by atoms with Crippen molar-refractivity contribution in [3.63, 3.8) is 0 Å². The summed E-state index contributed by atoms with van der Waals surface area (Å²) < 4.78 is 20.6. The largest absolute Gasteiger partial charge is 0.798 e. The summed E-state index contributed by atoms with van der Waals surface area (Å²) >= 11 is 0. The first-order valence-corrected chi connectivity index (χ1v) is 3.65. The van der Waals surface area contributed by atoms with Gasteiger partial charge in [0.15, 0.2) is 0 Å². The van der Waals surface area contributed by atoms with Crippen LogP contribution in [0.4, 0.5) is 4.39 Å². The molecule has 0 aliphatic carbocycles. The molecule has 38 valence electrons. The Morgan fingerprint density at radius 3 is 2.17 bits per heavy atom. The highest BCUT2D eigenvalue weighted by molar-refractivity contribution is 7.55. The van der Waals surface area contributed by atoms with Gasteiger partial charge in [-0.2, -0.15) is 0 Å². The number of rotatable bonds is 1. The van der Waals surface area contributed by atoms with E-state index in [0.29, 0.717) is 0 Å². The molecule has 0 saturated heterocycles. The zero-order valence-electron chi connectivity index (χ0n) is 3.35. The van der Waals surface area contributed by atoms with E-state index in [1.807, 2.05) is 0 Å². The molecule has 0 bridgehead atoms. The minimum absolute atomic E-state index is 0.868. The lowest BCUT2D eigenvalue weighted by atomic mass is 11.8. The molecule has 0 spiro atoms. The van der Waals surface area contributed by atoms with Crippen LogP contribution in [0.25, 0.3) is 0 Å². The molecule has 0 amide bonds. The van der Waals surface area contributed by atoms with E-state index >= 15 is 0 Å². The Bertz CT molecular complexity index is 75.6. The Morgan fingerprint density at radius 1 is 2.00 bits per heavy atom. The molecule has 0 rings (SSSR count). The second-order valence-corrected chi connectivity index (χ2v) is 3.40.